The molecule has 2 amide bonds. The molecule has 110 valence electrons. The zero-order valence-electron chi connectivity index (χ0n) is 10.5. The maximum absolute atomic E-state index is 13.5. The summed E-state index contributed by atoms with van der Waals surface area (Å²) in [6.07, 6.45) is 0. The number of rotatable bonds is 4. The lowest BCUT2D eigenvalue weighted by atomic mass is 10.2. The summed E-state index contributed by atoms with van der Waals surface area (Å²) in [6.45, 7) is 0.240. The van der Waals surface area contributed by atoms with E-state index < -0.39 is 34.9 Å². The molecular weight excluding hydrogens is 302 g/mol. The van der Waals surface area contributed by atoms with Gasteiger partial charge in [-0.15, -0.1) is 0 Å². The topological polar surface area (TPSA) is 78.4 Å². The Morgan fingerprint density at radius 3 is 2.62 bits per heavy atom. The Labute approximate surface area is 122 Å². The first-order valence-corrected chi connectivity index (χ1v) is 6.70. The van der Waals surface area contributed by atoms with E-state index in [1.165, 1.54) is 11.3 Å². The van der Waals surface area contributed by atoms with Crippen molar-refractivity contribution >= 4 is 29.0 Å². The summed E-state index contributed by atoms with van der Waals surface area (Å²) < 4.78 is 26.7. The third-order valence-electron chi connectivity index (χ3n) is 2.57. The van der Waals surface area contributed by atoms with Gasteiger partial charge in [0.25, 0.3) is 0 Å². The minimum Gasteiger partial charge on any atom is -0.478 e. The van der Waals surface area contributed by atoms with E-state index in [9.17, 15) is 18.4 Å². The van der Waals surface area contributed by atoms with Crippen LogP contribution >= 0.6 is 11.3 Å². The van der Waals surface area contributed by atoms with E-state index in [0.717, 1.165) is 11.6 Å². The van der Waals surface area contributed by atoms with Gasteiger partial charge in [0.1, 0.15) is 11.6 Å². The fourth-order valence-corrected chi connectivity index (χ4v) is 2.22. The van der Waals surface area contributed by atoms with E-state index in [4.69, 9.17) is 5.11 Å². The van der Waals surface area contributed by atoms with Crippen molar-refractivity contribution < 1.29 is 23.5 Å². The molecule has 0 fully saturated rings. The second-order valence-corrected chi connectivity index (χ2v) is 4.84. The third kappa shape index (κ3) is 3.76. The minimum atomic E-state index is -1.55. The first-order valence-electron chi connectivity index (χ1n) is 5.75. The molecule has 0 bridgehead atoms. The van der Waals surface area contributed by atoms with Gasteiger partial charge in [0.15, 0.2) is 0 Å². The van der Waals surface area contributed by atoms with Gasteiger partial charge < -0.3 is 15.7 Å². The van der Waals surface area contributed by atoms with E-state index in [-0.39, 0.29) is 6.54 Å². The summed E-state index contributed by atoms with van der Waals surface area (Å²) in [5.41, 5.74) is -0.248. The van der Waals surface area contributed by atoms with E-state index in [0.29, 0.717) is 6.07 Å². The molecule has 21 heavy (non-hydrogen) atoms. The van der Waals surface area contributed by atoms with Crippen LogP contribution < -0.4 is 10.6 Å². The standard InChI is InChI=1S/C13H10F2N2O3S/c14-9-4-10(15)11(3-8(9)12(18)19)17-13(20)16-5-7-1-2-21-6-7/h1-4,6H,5H2,(H,18,19)(H2,16,17,20). The summed E-state index contributed by atoms with van der Waals surface area (Å²) in [6, 6.07) is 2.24. The molecule has 0 radical (unpaired) electrons. The van der Waals surface area contributed by atoms with Crippen LogP contribution in [0.15, 0.2) is 29.0 Å². The van der Waals surface area contributed by atoms with Gasteiger partial charge in [-0.3, -0.25) is 0 Å². The molecule has 8 heteroatoms. The third-order valence-corrected chi connectivity index (χ3v) is 3.30. The number of carboxylic acid groups (broad SMARTS) is 1. The van der Waals surface area contributed by atoms with Gasteiger partial charge >= 0.3 is 12.0 Å². The monoisotopic (exact) mass is 312 g/mol. The average molecular weight is 312 g/mol. The lowest BCUT2D eigenvalue weighted by Gasteiger charge is -2.09. The number of carbonyl (C=O) groups excluding carboxylic acids is 1. The summed E-state index contributed by atoms with van der Waals surface area (Å²) in [5.74, 6) is -3.80. The van der Waals surface area contributed by atoms with Crippen LogP contribution in [0.3, 0.4) is 0 Å². The summed E-state index contributed by atoms with van der Waals surface area (Å²) in [4.78, 5) is 22.4. The number of benzene rings is 1. The van der Waals surface area contributed by atoms with E-state index >= 15 is 0 Å². The number of urea groups is 1. The lowest BCUT2D eigenvalue weighted by molar-refractivity contribution is 0.0692. The number of hydrogen-bond acceptors (Lipinski definition) is 3. The van der Waals surface area contributed by atoms with Crippen LogP contribution in [0.5, 0.6) is 0 Å². The Morgan fingerprint density at radius 2 is 2.00 bits per heavy atom. The van der Waals surface area contributed by atoms with Gasteiger partial charge in [-0.2, -0.15) is 11.3 Å². The molecule has 0 unspecified atom stereocenters. The second kappa shape index (κ2) is 6.31. The summed E-state index contributed by atoms with van der Waals surface area (Å²) in [5, 5.41) is 17.0. The molecule has 3 N–H and O–H groups in total. The van der Waals surface area contributed by atoms with Gasteiger partial charge in [0.2, 0.25) is 0 Å². The van der Waals surface area contributed by atoms with Crippen molar-refractivity contribution in [1.29, 1.82) is 0 Å². The Bertz CT molecular complexity index is 674. The SMILES string of the molecule is O=C(NCc1ccsc1)Nc1cc(C(=O)O)c(F)cc1F. The number of amides is 2. The normalized spacial score (nSPS) is 10.2. The number of carboxylic acids is 1. The average Bonchev–Trinajstić information content (AvgIpc) is 2.92. The number of carbonyl (C=O) groups is 2. The van der Waals surface area contributed by atoms with E-state index in [1.807, 2.05) is 16.8 Å². The predicted molar refractivity (Wildman–Crippen MR) is 73.5 cm³/mol. The highest BCUT2D eigenvalue weighted by Gasteiger charge is 2.16. The lowest BCUT2D eigenvalue weighted by Crippen LogP contribution is -2.28. The molecule has 0 atom stereocenters. The van der Waals surface area contributed by atoms with Crippen molar-refractivity contribution in [3.05, 3.63) is 51.7 Å². The number of nitrogens with one attached hydrogen (secondary N) is 2. The van der Waals surface area contributed by atoms with Gasteiger partial charge in [-0.1, -0.05) is 0 Å². The Balaban J connectivity index is 2.06. The number of thiophene rings is 1. The molecule has 1 aromatic carbocycles. The van der Waals surface area contributed by atoms with Gasteiger partial charge in [0, 0.05) is 12.6 Å². The Morgan fingerprint density at radius 1 is 1.24 bits per heavy atom. The van der Waals surface area contributed by atoms with Crippen LogP contribution in [0.25, 0.3) is 0 Å². The fraction of sp³-hybridized carbons (Fsp3) is 0.0769. The molecule has 0 aliphatic heterocycles. The van der Waals surface area contributed by atoms with Crippen molar-refractivity contribution in [3.63, 3.8) is 0 Å². The summed E-state index contributed by atoms with van der Waals surface area (Å²) in [7, 11) is 0. The molecule has 1 heterocycles. The zero-order valence-corrected chi connectivity index (χ0v) is 11.3. The predicted octanol–water partition coefficient (Wildman–Crippen LogP) is 3.05. The van der Waals surface area contributed by atoms with Crippen LogP contribution in [0.1, 0.15) is 15.9 Å². The molecule has 1 aromatic heterocycles. The highest BCUT2D eigenvalue weighted by molar-refractivity contribution is 7.07. The highest BCUT2D eigenvalue weighted by atomic mass is 32.1. The summed E-state index contributed by atoms with van der Waals surface area (Å²) >= 11 is 1.47. The number of aromatic carboxylic acids is 1. The van der Waals surface area contributed by atoms with Crippen molar-refractivity contribution in [3.8, 4) is 0 Å². The molecule has 2 rings (SSSR count). The molecule has 5 nitrogen and oxygen atoms in total. The van der Waals surface area contributed by atoms with Crippen molar-refractivity contribution in [2.24, 2.45) is 0 Å². The van der Waals surface area contributed by atoms with Crippen LogP contribution in [0.2, 0.25) is 0 Å². The minimum absolute atomic E-state index is 0.240. The van der Waals surface area contributed by atoms with Gasteiger partial charge in [-0.05, 0) is 28.5 Å². The van der Waals surface area contributed by atoms with Crippen LogP contribution in [-0.4, -0.2) is 17.1 Å². The largest absolute Gasteiger partial charge is 0.478 e. The molecule has 0 saturated carbocycles. The van der Waals surface area contributed by atoms with Gasteiger partial charge in [-0.25, -0.2) is 18.4 Å². The quantitative estimate of drug-likeness (QED) is 0.812. The van der Waals surface area contributed by atoms with Gasteiger partial charge in [0.05, 0.1) is 11.3 Å². The molecule has 0 spiro atoms. The Hall–Kier alpha value is -2.48. The molecule has 0 aliphatic carbocycles. The Kier molecular flexibility index (Phi) is 4.49. The number of anilines is 1. The first kappa shape index (κ1) is 14.9. The van der Waals surface area contributed by atoms with E-state index in [2.05, 4.69) is 10.6 Å². The fourth-order valence-electron chi connectivity index (χ4n) is 1.55. The molecular formula is C13H10F2N2O3S. The first-order chi connectivity index (χ1) is 9.97. The van der Waals surface area contributed by atoms with Crippen LogP contribution in [-0.2, 0) is 6.54 Å². The molecule has 2 aromatic rings. The highest BCUT2D eigenvalue weighted by Crippen LogP contribution is 2.19. The maximum atomic E-state index is 13.5. The smallest absolute Gasteiger partial charge is 0.338 e. The van der Waals surface area contributed by atoms with Crippen molar-refractivity contribution in [2.45, 2.75) is 6.54 Å². The molecule has 0 aliphatic rings. The van der Waals surface area contributed by atoms with Crippen LogP contribution in [0, 0.1) is 11.6 Å². The van der Waals surface area contributed by atoms with E-state index in [1.54, 1.807) is 0 Å². The van der Waals surface area contributed by atoms with Crippen LogP contribution in [0.4, 0.5) is 19.3 Å². The van der Waals surface area contributed by atoms with Crippen molar-refractivity contribution in [2.75, 3.05) is 5.32 Å². The zero-order chi connectivity index (χ0) is 15.4. The number of hydrogen-bond donors (Lipinski definition) is 3. The van der Waals surface area contributed by atoms with Crippen molar-refractivity contribution in [1.82, 2.24) is 5.32 Å². The number of halogens is 2. The maximum Gasteiger partial charge on any atom is 0.338 e. The molecule has 0 saturated heterocycles. The second-order valence-electron chi connectivity index (χ2n) is 4.06.